The van der Waals surface area contributed by atoms with Crippen LogP contribution in [0.4, 0.5) is 5.69 Å². The van der Waals surface area contributed by atoms with Gasteiger partial charge in [-0.2, -0.15) is 0 Å². The van der Waals surface area contributed by atoms with E-state index in [1.807, 2.05) is 6.07 Å². The highest BCUT2D eigenvalue weighted by atomic mass is 79.9. The molecule has 0 unspecified atom stereocenters. The SMILES string of the molecule is Cc1ccc(NCCON)c(Br)c1. The molecule has 1 aromatic carbocycles. The van der Waals surface area contributed by atoms with Gasteiger partial charge in [-0.1, -0.05) is 6.07 Å². The molecule has 13 heavy (non-hydrogen) atoms. The standard InChI is InChI=1S/C9H13BrN2O/c1-7-2-3-9(8(10)6-7)12-4-5-13-11/h2-3,6,12H,4-5,11H2,1H3. The summed E-state index contributed by atoms with van der Waals surface area (Å²) >= 11 is 3.46. The van der Waals surface area contributed by atoms with Crippen LogP contribution in [0, 0.1) is 6.92 Å². The van der Waals surface area contributed by atoms with Crippen LogP contribution < -0.4 is 11.2 Å². The van der Waals surface area contributed by atoms with Gasteiger partial charge in [-0.15, -0.1) is 0 Å². The highest BCUT2D eigenvalue weighted by Gasteiger charge is 1.97. The van der Waals surface area contributed by atoms with Crippen LogP contribution in [0.2, 0.25) is 0 Å². The van der Waals surface area contributed by atoms with E-state index in [2.05, 4.69) is 45.1 Å². The molecule has 0 aliphatic heterocycles. The second-order valence-corrected chi connectivity index (χ2v) is 3.64. The molecular formula is C9H13BrN2O. The number of anilines is 1. The second kappa shape index (κ2) is 5.21. The third-order valence-electron chi connectivity index (χ3n) is 1.66. The third-order valence-corrected chi connectivity index (χ3v) is 2.32. The molecule has 0 heterocycles. The smallest absolute Gasteiger partial charge is 0.0851 e. The van der Waals surface area contributed by atoms with E-state index < -0.39 is 0 Å². The van der Waals surface area contributed by atoms with E-state index in [0.717, 1.165) is 10.2 Å². The third kappa shape index (κ3) is 3.34. The molecule has 0 spiro atoms. The minimum atomic E-state index is 0.500. The quantitative estimate of drug-likeness (QED) is 0.630. The van der Waals surface area contributed by atoms with Crippen molar-refractivity contribution in [2.75, 3.05) is 18.5 Å². The van der Waals surface area contributed by atoms with Crippen LogP contribution in [-0.4, -0.2) is 13.2 Å². The van der Waals surface area contributed by atoms with Crippen LogP contribution in [0.15, 0.2) is 22.7 Å². The summed E-state index contributed by atoms with van der Waals surface area (Å²) < 4.78 is 1.06. The van der Waals surface area contributed by atoms with Crippen LogP contribution in [0.3, 0.4) is 0 Å². The first-order valence-corrected chi connectivity index (χ1v) is 4.85. The van der Waals surface area contributed by atoms with Gasteiger partial charge in [-0.05, 0) is 40.5 Å². The number of benzene rings is 1. The van der Waals surface area contributed by atoms with Gasteiger partial charge in [0, 0.05) is 16.7 Å². The van der Waals surface area contributed by atoms with Crippen molar-refractivity contribution in [3.8, 4) is 0 Å². The molecule has 0 saturated carbocycles. The van der Waals surface area contributed by atoms with Crippen molar-refractivity contribution in [3.05, 3.63) is 28.2 Å². The fraction of sp³-hybridized carbons (Fsp3) is 0.333. The molecule has 0 aromatic heterocycles. The first kappa shape index (κ1) is 10.5. The Morgan fingerprint density at radius 2 is 2.31 bits per heavy atom. The summed E-state index contributed by atoms with van der Waals surface area (Å²) in [5.74, 6) is 4.90. The summed E-state index contributed by atoms with van der Waals surface area (Å²) in [5.41, 5.74) is 2.29. The van der Waals surface area contributed by atoms with E-state index in [9.17, 15) is 0 Å². The lowest BCUT2D eigenvalue weighted by atomic mass is 10.2. The molecule has 72 valence electrons. The average Bonchev–Trinajstić information content (AvgIpc) is 2.09. The minimum Gasteiger partial charge on any atom is -0.382 e. The molecule has 0 atom stereocenters. The molecule has 3 nitrogen and oxygen atoms in total. The van der Waals surface area contributed by atoms with Gasteiger partial charge in [0.25, 0.3) is 0 Å². The van der Waals surface area contributed by atoms with Gasteiger partial charge in [0.15, 0.2) is 0 Å². The number of hydrogen-bond donors (Lipinski definition) is 2. The van der Waals surface area contributed by atoms with E-state index in [0.29, 0.717) is 13.2 Å². The van der Waals surface area contributed by atoms with Gasteiger partial charge in [-0.25, -0.2) is 5.90 Å². The van der Waals surface area contributed by atoms with Gasteiger partial charge < -0.3 is 10.2 Å². The minimum absolute atomic E-state index is 0.500. The Morgan fingerprint density at radius 3 is 2.92 bits per heavy atom. The summed E-state index contributed by atoms with van der Waals surface area (Å²) in [6.45, 7) is 3.26. The van der Waals surface area contributed by atoms with Crippen LogP contribution in [0.1, 0.15) is 5.56 Å². The van der Waals surface area contributed by atoms with Crippen LogP contribution in [0.25, 0.3) is 0 Å². The van der Waals surface area contributed by atoms with Crippen LogP contribution >= 0.6 is 15.9 Å². The summed E-state index contributed by atoms with van der Waals surface area (Å²) in [6, 6.07) is 6.14. The molecular weight excluding hydrogens is 232 g/mol. The zero-order valence-electron chi connectivity index (χ0n) is 7.51. The van der Waals surface area contributed by atoms with Crippen molar-refractivity contribution in [1.29, 1.82) is 0 Å². The normalized spacial score (nSPS) is 10.1. The molecule has 0 saturated heterocycles. The van der Waals surface area contributed by atoms with E-state index in [4.69, 9.17) is 5.90 Å². The Morgan fingerprint density at radius 1 is 1.54 bits per heavy atom. The van der Waals surface area contributed by atoms with Crippen molar-refractivity contribution >= 4 is 21.6 Å². The molecule has 0 fully saturated rings. The van der Waals surface area contributed by atoms with Crippen molar-refractivity contribution in [3.63, 3.8) is 0 Å². The molecule has 4 heteroatoms. The molecule has 0 bridgehead atoms. The van der Waals surface area contributed by atoms with Crippen molar-refractivity contribution in [1.82, 2.24) is 0 Å². The van der Waals surface area contributed by atoms with Gasteiger partial charge in [-0.3, -0.25) is 0 Å². The first-order chi connectivity index (χ1) is 6.24. The van der Waals surface area contributed by atoms with Gasteiger partial charge >= 0.3 is 0 Å². The predicted molar refractivity (Wildman–Crippen MR) is 57.5 cm³/mol. The van der Waals surface area contributed by atoms with Crippen molar-refractivity contribution in [2.45, 2.75) is 6.92 Å². The summed E-state index contributed by atoms with van der Waals surface area (Å²) in [5, 5.41) is 3.19. The maximum Gasteiger partial charge on any atom is 0.0851 e. The Hall–Kier alpha value is -0.580. The largest absolute Gasteiger partial charge is 0.382 e. The molecule has 3 N–H and O–H groups in total. The molecule has 0 aliphatic carbocycles. The van der Waals surface area contributed by atoms with E-state index >= 15 is 0 Å². The monoisotopic (exact) mass is 244 g/mol. The average molecular weight is 245 g/mol. The number of aryl methyl sites for hydroxylation is 1. The predicted octanol–water partition coefficient (Wildman–Crippen LogP) is 2.06. The lowest BCUT2D eigenvalue weighted by Gasteiger charge is -2.07. The fourth-order valence-corrected chi connectivity index (χ4v) is 1.64. The Bertz CT molecular complexity index is 278. The summed E-state index contributed by atoms with van der Waals surface area (Å²) in [7, 11) is 0. The highest BCUT2D eigenvalue weighted by molar-refractivity contribution is 9.10. The van der Waals surface area contributed by atoms with E-state index in [1.54, 1.807) is 0 Å². The van der Waals surface area contributed by atoms with E-state index in [1.165, 1.54) is 5.56 Å². The lowest BCUT2D eigenvalue weighted by molar-refractivity contribution is 0.148. The number of halogens is 1. The summed E-state index contributed by atoms with van der Waals surface area (Å²) in [6.07, 6.45) is 0. The van der Waals surface area contributed by atoms with Crippen molar-refractivity contribution in [2.24, 2.45) is 5.90 Å². The van der Waals surface area contributed by atoms with Crippen LogP contribution in [-0.2, 0) is 4.84 Å². The van der Waals surface area contributed by atoms with E-state index in [-0.39, 0.29) is 0 Å². The Kier molecular flexibility index (Phi) is 4.21. The Balaban J connectivity index is 2.56. The molecule has 0 radical (unpaired) electrons. The maximum atomic E-state index is 4.90. The van der Waals surface area contributed by atoms with Crippen LogP contribution in [0.5, 0.6) is 0 Å². The number of nitrogens with one attached hydrogen (secondary N) is 1. The molecule has 1 rings (SSSR count). The zero-order valence-corrected chi connectivity index (χ0v) is 9.10. The number of hydrogen-bond acceptors (Lipinski definition) is 3. The van der Waals surface area contributed by atoms with Gasteiger partial charge in [0.1, 0.15) is 0 Å². The Labute approximate surface area is 86.4 Å². The topological polar surface area (TPSA) is 47.3 Å². The lowest BCUT2D eigenvalue weighted by Crippen LogP contribution is -2.12. The van der Waals surface area contributed by atoms with Crippen molar-refractivity contribution < 1.29 is 4.84 Å². The molecule has 0 amide bonds. The number of rotatable bonds is 4. The second-order valence-electron chi connectivity index (χ2n) is 2.78. The highest BCUT2D eigenvalue weighted by Crippen LogP contribution is 2.22. The zero-order chi connectivity index (χ0) is 9.68. The summed E-state index contributed by atoms with van der Waals surface area (Å²) in [4.78, 5) is 4.45. The fourth-order valence-electron chi connectivity index (χ4n) is 1.01. The maximum absolute atomic E-state index is 4.90. The van der Waals surface area contributed by atoms with Gasteiger partial charge in [0.2, 0.25) is 0 Å². The molecule has 1 aromatic rings. The first-order valence-electron chi connectivity index (χ1n) is 4.05. The number of nitrogens with two attached hydrogens (primary N) is 1. The molecule has 0 aliphatic rings. The van der Waals surface area contributed by atoms with Gasteiger partial charge in [0.05, 0.1) is 6.61 Å².